The molecule has 0 aromatic heterocycles. The van der Waals surface area contributed by atoms with Crippen LogP contribution in [0.3, 0.4) is 0 Å². The van der Waals surface area contributed by atoms with Crippen LogP contribution in [0.5, 0.6) is 0 Å². The van der Waals surface area contributed by atoms with Gasteiger partial charge in [-0.05, 0) is 116 Å². The van der Waals surface area contributed by atoms with Gasteiger partial charge in [0.05, 0.1) is 6.61 Å². The first-order valence-electron chi connectivity index (χ1n) is 39.4. The Hall–Kier alpha value is -4.22. The Bertz CT molecular complexity index is 1880. The molecule has 0 spiro atoms. The fourth-order valence-corrected chi connectivity index (χ4v) is 11.3. The molecular weight excluding hydrogens is 1120 g/mol. The second-order valence-corrected chi connectivity index (χ2v) is 26.0. The topological polar surface area (TPSA) is 72.8 Å². The zero-order chi connectivity index (χ0) is 66.1. The Morgan fingerprint density at radius 3 is 0.652 bits per heavy atom. The van der Waals surface area contributed by atoms with Crippen molar-refractivity contribution in [1.82, 2.24) is 0 Å². The Balaban J connectivity index is 3.44. The van der Waals surface area contributed by atoms with Crippen LogP contribution >= 0.6 is 0 Å². The van der Waals surface area contributed by atoms with Gasteiger partial charge in [0.1, 0.15) is 6.61 Å². The minimum Gasteiger partial charge on any atom is -0.462 e. The van der Waals surface area contributed by atoms with E-state index in [2.05, 4.69) is 160 Å². The Kier molecular flexibility index (Phi) is 77.3. The standard InChI is InChI=1S/C87H148O5/c1-3-5-7-9-11-13-15-17-19-21-23-25-27-29-31-33-35-37-39-41-42-43-44-46-48-50-52-54-56-58-60-62-64-66-68-70-72-74-76-78-80-82-87(90)92-85(83-88)84-91-86(89)81-79-77-75-73-71-69-67-65-63-61-59-57-55-53-51-49-47-45-40-38-36-34-32-30-28-26-24-22-20-18-16-14-12-10-8-6-4-2/h5-8,11-14,17-20,23-26,29,31,35,37,41-42,44,46,85,88H,3-4,9-10,15-16,21-22,27-28,30,32-34,36,38-40,43,45,47-84H2,1-2H3/b7-5-,8-6-,13-11-,14-12-,19-17-,20-18-,25-23-,26-24-,31-29-,37-35-,42-41-,46-44-. The van der Waals surface area contributed by atoms with Crippen LogP contribution in [-0.2, 0) is 19.1 Å². The highest BCUT2D eigenvalue weighted by Gasteiger charge is 2.16. The lowest BCUT2D eigenvalue weighted by Crippen LogP contribution is -2.28. The molecule has 0 saturated heterocycles. The van der Waals surface area contributed by atoms with Crippen LogP contribution in [0.4, 0.5) is 0 Å². The number of esters is 2. The Morgan fingerprint density at radius 2 is 0.435 bits per heavy atom. The van der Waals surface area contributed by atoms with Gasteiger partial charge in [0.2, 0.25) is 0 Å². The highest BCUT2D eigenvalue weighted by atomic mass is 16.6. The fourth-order valence-electron chi connectivity index (χ4n) is 11.3. The van der Waals surface area contributed by atoms with Crippen LogP contribution < -0.4 is 0 Å². The second-order valence-electron chi connectivity index (χ2n) is 26.0. The molecule has 0 radical (unpaired) electrons. The lowest BCUT2D eigenvalue weighted by atomic mass is 10.0. The number of unbranched alkanes of at least 4 members (excludes halogenated alkanes) is 40. The van der Waals surface area contributed by atoms with Gasteiger partial charge in [-0.2, -0.15) is 0 Å². The summed E-state index contributed by atoms with van der Waals surface area (Å²) in [5.74, 6) is -0.577. The van der Waals surface area contributed by atoms with Crippen molar-refractivity contribution in [1.29, 1.82) is 0 Å². The summed E-state index contributed by atoms with van der Waals surface area (Å²) in [6.45, 7) is 3.95. The predicted octanol–water partition coefficient (Wildman–Crippen LogP) is 28.0. The van der Waals surface area contributed by atoms with E-state index in [1.807, 2.05) is 0 Å². The average molecular weight is 1270 g/mol. The maximum atomic E-state index is 12.4. The van der Waals surface area contributed by atoms with Crippen molar-refractivity contribution >= 4 is 11.9 Å². The summed E-state index contributed by atoms with van der Waals surface area (Å²) >= 11 is 0. The molecule has 1 atom stereocenters. The molecule has 0 aliphatic heterocycles. The van der Waals surface area contributed by atoms with E-state index in [0.717, 1.165) is 116 Å². The first-order valence-corrected chi connectivity index (χ1v) is 39.4. The fraction of sp³-hybridized carbons (Fsp3) is 0.701. The number of ether oxygens (including phenoxy) is 2. The van der Waals surface area contributed by atoms with Crippen molar-refractivity contribution in [2.45, 2.75) is 380 Å². The Labute approximate surface area is 571 Å². The monoisotopic (exact) mass is 1270 g/mol. The van der Waals surface area contributed by atoms with E-state index in [-0.39, 0.29) is 25.2 Å². The highest BCUT2D eigenvalue weighted by Crippen LogP contribution is 2.19. The van der Waals surface area contributed by atoms with Gasteiger partial charge < -0.3 is 14.6 Å². The van der Waals surface area contributed by atoms with Crippen LogP contribution in [0.15, 0.2) is 146 Å². The zero-order valence-electron chi connectivity index (χ0n) is 60.5. The number of allylic oxidation sites excluding steroid dienone is 24. The smallest absolute Gasteiger partial charge is 0.306 e. The summed E-state index contributed by atoms with van der Waals surface area (Å²) in [6.07, 6.45) is 122. The van der Waals surface area contributed by atoms with E-state index >= 15 is 0 Å². The largest absolute Gasteiger partial charge is 0.462 e. The predicted molar refractivity (Wildman–Crippen MR) is 408 cm³/mol. The van der Waals surface area contributed by atoms with Gasteiger partial charge in [0.25, 0.3) is 0 Å². The number of aliphatic hydroxyl groups excluding tert-OH is 1. The molecular formula is C87H148O5. The van der Waals surface area contributed by atoms with E-state index in [4.69, 9.17) is 9.47 Å². The summed E-state index contributed by atoms with van der Waals surface area (Å²) < 4.78 is 10.8. The lowest BCUT2D eigenvalue weighted by molar-refractivity contribution is -0.161. The van der Waals surface area contributed by atoms with Gasteiger partial charge in [-0.3, -0.25) is 9.59 Å². The molecule has 0 amide bonds. The number of carbonyl (C=O) groups is 2. The van der Waals surface area contributed by atoms with Gasteiger partial charge in [0.15, 0.2) is 6.10 Å². The molecule has 0 aromatic carbocycles. The SMILES string of the molecule is CC/C=C\C/C=C\C/C=C\C/C=C\C/C=C\C/C=C\C/C=C\C/C=C\CCCCCCCCCCCCCCCCCCC(=O)OC(CO)COC(=O)CCCCCCCCCCCCCCCCCCCCCCCCCC/C=C\C/C=C\C/C=C\C/C=C\CC. The van der Waals surface area contributed by atoms with Crippen LogP contribution in [0, 0.1) is 0 Å². The van der Waals surface area contributed by atoms with Crippen molar-refractivity contribution in [3.63, 3.8) is 0 Å². The number of rotatable bonds is 72. The van der Waals surface area contributed by atoms with Crippen LogP contribution in [-0.4, -0.2) is 36.4 Å². The zero-order valence-corrected chi connectivity index (χ0v) is 60.5. The van der Waals surface area contributed by atoms with Crippen molar-refractivity contribution in [2.24, 2.45) is 0 Å². The number of carbonyl (C=O) groups excluding carboxylic acids is 2. The molecule has 0 aromatic rings. The minimum atomic E-state index is -0.779. The van der Waals surface area contributed by atoms with E-state index in [9.17, 15) is 14.7 Å². The normalized spacial score (nSPS) is 13.0. The van der Waals surface area contributed by atoms with E-state index in [1.165, 1.54) is 231 Å². The molecule has 0 heterocycles. The molecule has 1 N–H and O–H groups in total. The van der Waals surface area contributed by atoms with Crippen molar-refractivity contribution in [3.05, 3.63) is 146 Å². The van der Waals surface area contributed by atoms with Crippen LogP contribution in [0.2, 0.25) is 0 Å². The van der Waals surface area contributed by atoms with Gasteiger partial charge in [-0.25, -0.2) is 0 Å². The molecule has 0 rings (SSSR count). The average Bonchev–Trinajstić information content (AvgIpc) is 3.64. The van der Waals surface area contributed by atoms with Gasteiger partial charge in [-0.1, -0.05) is 391 Å². The second kappa shape index (κ2) is 81.0. The Morgan fingerprint density at radius 1 is 0.250 bits per heavy atom. The third-order valence-corrected chi connectivity index (χ3v) is 17.1. The number of hydrogen-bond acceptors (Lipinski definition) is 5. The third-order valence-electron chi connectivity index (χ3n) is 17.1. The summed E-state index contributed by atoms with van der Waals surface area (Å²) in [5, 5.41) is 9.73. The molecule has 0 aliphatic carbocycles. The molecule has 0 saturated carbocycles. The quantitative estimate of drug-likeness (QED) is 0.0373. The first kappa shape index (κ1) is 87.8. The van der Waals surface area contributed by atoms with E-state index < -0.39 is 6.10 Å². The number of hydrogen-bond donors (Lipinski definition) is 1. The van der Waals surface area contributed by atoms with Crippen molar-refractivity contribution < 1.29 is 24.2 Å². The molecule has 0 bridgehead atoms. The summed E-state index contributed by atoms with van der Waals surface area (Å²) in [4.78, 5) is 24.7. The maximum absolute atomic E-state index is 12.4. The molecule has 5 heteroatoms. The number of aliphatic hydroxyl groups is 1. The van der Waals surface area contributed by atoms with Gasteiger partial charge in [0, 0.05) is 12.8 Å². The third kappa shape index (κ3) is 78.2. The minimum absolute atomic E-state index is 0.0663. The molecule has 0 fully saturated rings. The lowest BCUT2D eigenvalue weighted by Gasteiger charge is -2.15. The highest BCUT2D eigenvalue weighted by molar-refractivity contribution is 5.70. The molecule has 526 valence electrons. The van der Waals surface area contributed by atoms with E-state index in [0.29, 0.717) is 12.8 Å². The molecule has 92 heavy (non-hydrogen) atoms. The van der Waals surface area contributed by atoms with Gasteiger partial charge >= 0.3 is 11.9 Å². The van der Waals surface area contributed by atoms with Crippen molar-refractivity contribution in [3.8, 4) is 0 Å². The summed E-state index contributed by atoms with van der Waals surface area (Å²) in [7, 11) is 0. The molecule has 1 unspecified atom stereocenters. The molecule has 0 aliphatic rings. The maximum Gasteiger partial charge on any atom is 0.306 e. The van der Waals surface area contributed by atoms with Crippen LogP contribution in [0.1, 0.15) is 373 Å². The molecule has 5 nitrogen and oxygen atoms in total. The summed E-state index contributed by atoms with van der Waals surface area (Å²) in [6, 6.07) is 0. The van der Waals surface area contributed by atoms with E-state index in [1.54, 1.807) is 0 Å². The van der Waals surface area contributed by atoms with Crippen LogP contribution in [0.25, 0.3) is 0 Å². The van der Waals surface area contributed by atoms with Gasteiger partial charge in [-0.15, -0.1) is 0 Å². The first-order chi connectivity index (χ1) is 45.6. The van der Waals surface area contributed by atoms with Crippen molar-refractivity contribution in [2.75, 3.05) is 13.2 Å². The summed E-state index contributed by atoms with van der Waals surface area (Å²) in [5.41, 5.74) is 0.